The first-order valence-electron chi connectivity index (χ1n) is 5.25. The van der Waals surface area contributed by atoms with Crippen molar-refractivity contribution in [3.05, 3.63) is 24.1 Å². The molecule has 1 unspecified atom stereocenters. The van der Waals surface area contributed by atoms with Crippen molar-refractivity contribution < 1.29 is 14.2 Å². The number of nitrogen functional groups attached to an aromatic ring is 1. The number of hydrogen-bond donors (Lipinski definition) is 2. The Kier molecular flexibility index (Phi) is 2.46. The lowest BCUT2D eigenvalue weighted by atomic mass is 10.3. The highest BCUT2D eigenvalue weighted by Gasteiger charge is 2.29. The molecule has 3 rings (SSSR count). The van der Waals surface area contributed by atoms with Crippen LogP contribution in [-0.2, 0) is 4.74 Å². The standard InChI is InChI=1S/C10H10FN5O2/c11-6-5(1-17)2-18-10(6)16-4-15-7-8(12)13-3-14-9(7)16/h3-4,10,17H,1-2H2,(H2,12,13,14). The second kappa shape index (κ2) is 4.00. The Labute approximate surface area is 101 Å². The maximum Gasteiger partial charge on any atom is 0.189 e. The van der Waals surface area contributed by atoms with Crippen LogP contribution < -0.4 is 5.73 Å². The minimum atomic E-state index is -0.952. The molecule has 0 saturated heterocycles. The van der Waals surface area contributed by atoms with Crippen LogP contribution in [0.2, 0.25) is 0 Å². The van der Waals surface area contributed by atoms with Gasteiger partial charge in [-0.15, -0.1) is 0 Å². The van der Waals surface area contributed by atoms with Crippen LogP contribution in [0.25, 0.3) is 11.2 Å². The van der Waals surface area contributed by atoms with Gasteiger partial charge in [0.2, 0.25) is 0 Å². The maximum absolute atomic E-state index is 13.9. The number of ether oxygens (including phenoxy) is 1. The molecule has 0 radical (unpaired) electrons. The summed E-state index contributed by atoms with van der Waals surface area (Å²) >= 11 is 0. The van der Waals surface area contributed by atoms with Gasteiger partial charge in [0, 0.05) is 5.57 Å². The third-order valence-corrected chi connectivity index (χ3v) is 2.80. The number of halogens is 1. The number of rotatable bonds is 2. The number of hydrogen-bond acceptors (Lipinski definition) is 6. The molecule has 0 fully saturated rings. The van der Waals surface area contributed by atoms with E-state index in [-0.39, 0.29) is 24.6 Å². The lowest BCUT2D eigenvalue weighted by Gasteiger charge is -2.11. The van der Waals surface area contributed by atoms with Crippen molar-refractivity contribution in [2.45, 2.75) is 6.23 Å². The Balaban J connectivity index is 2.11. The van der Waals surface area contributed by atoms with Crippen molar-refractivity contribution in [1.29, 1.82) is 0 Å². The van der Waals surface area contributed by atoms with E-state index in [1.54, 1.807) is 0 Å². The number of aromatic nitrogens is 4. The summed E-state index contributed by atoms with van der Waals surface area (Å²) < 4.78 is 20.6. The zero-order valence-corrected chi connectivity index (χ0v) is 9.25. The Morgan fingerprint density at radius 2 is 2.33 bits per heavy atom. The number of aliphatic hydroxyl groups excluding tert-OH is 1. The molecule has 1 aliphatic rings. The van der Waals surface area contributed by atoms with E-state index < -0.39 is 12.1 Å². The highest BCUT2D eigenvalue weighted by atomic mass is 19.1. The van der Waals surface area contributed by atoms with E-state index in [1.165, 1.54) is 17.2 Å². The van der Waals surface area contributed by atoms with Gasteiger partial charge in [-0.2, -0.15) is 0 Å². The first-order chi connectivity index (χ1) is 8.72. The third kappa shape index (κ3) is 1.46. The quantitative estimate of drug-likeness (QED) is 0.788. The van der Waals surface area contributed by atoms with E-state index in [4.69, 9.17) is 15.6 Å². The summed E-state index contributed by atoms with van der Waals surface area (Å²) in [6, 6.07) is 0. The molecule has 0 saturated carbocycles. The second-order valence-corrected chi connectivity index (χ2v) is 3.86. The van der Waals surface area contributed by atoms with E-state index in [2.05, 4.69) is 15.0 Å². The van der Waals surface area contributed by atoms with E-state index in [0.29, 0.717) is 11.2 Å². The molecular formula is C10H10FN5O2. The van der Waals surface area contributed by atoms with Crippen LogP contribution in [0, 0.1) is 0 Å². The molecule has 2 aromatic heterocycles. The fraction of sp³-hybridized carbons (Fsp3) is 0.300. The predicted octanol–water partition coefficient (Wildman–Crippen LogP) is 0.153. The average Bonchev–Trinajstić information content (AvgIpc) is 2.93. The SMILES string of the molecule is Nc1ncnc2c1ncn2C1OCC(CO)=C1F. The van der Waals surface area contributed by atoms with Gasteiger partial charge in [-0.1, -0.05) is 0 Å². The topological polar surface area (TPSA) is 99.1 Å². The molecule has 0 aromatic carbocycles. The Bertz CT molecular complexity index is 638. The van der Waals surface area contributed by atoms with Gasteiger partial charge in [0.05, 0.1) is 19.5 Å². The zero-order chi connectivity index (χ0) is 12.7. The van der Waals surface area contributed by atoms with Crippen molar-refractivity contribution in [2.75, 3.05) is 18.9 Å². The van der Waals surface area contributed by atoms with Gasteiger partial charge in [0.1, 0.15) is 11.8 Å². The van der Waals surface area contributed by atoms with Crippen LogP contribution in [0.15, 0.2) is 24.1 Å². The molecule has 8 heteroatoms. The second-order valence-electron chi connectivity index (χ2n) is 3.86. The number of anilines is 1. The van der Waals surface area contributed by atoms with Crippen LogP contribution in [-0.4, -0.2) is 37.8 Å². The lowest BCUT2D eigenvalue weighted by molar-refractivity contribution is 0.0560. The Morgan fingerprint density at radius 3 is 3.06 bits per heavy atom. The molecular weight excluding hydrogens is 241 g/mol. The summed E-state index contributed by atoms with van der Waals surface area (Å²) in [6.45, 7) is -0.320. The largest absolute Gasteiger partial charge is 0.392 e. The van der Waals surface area contributed by atoms with E-state index in [9.17, 15) is 4.39 Å². The number of aliphatic hydroxyl groups is 1. The van der Waals surface area contributed by atoms with Gasteiger partial charge in [0.15, 0.2) is 23.5 Å². The molecule has 1 atom stereocenters. The van der Waals surface area contributed by atoms with Gasteiger partial charge in [-0.25, -0.2) is 19.3 Å². The van der Waals surface area contributed by atoms with Crippen molar-refractivity contribution in [3.63, 3.8) is 0 Å². The molecule has 2 aromatic rings. The van der Waals surface area contributed by atoms with Gasteiger partial charge in [-0.3, -0.25) is 4.57 Å². The fourth-order valence-corrected chi connectivity index (χ4v) is 1.86. The summed E-state index contributed by atoms with van der Waals surface area (Å²) in [4.78, 5) is 11.8. The molecule has 94 valence electrons. The molecule has 1 aliphatic heterocycles. The summed E-state index contributed by atoms with van der Waals surface area (Å²) in [6.07, 6.45) is 1.71. The van der Waals surface area contributed by atoms with Crippen LogP contribution in [0.4, 0.5) is 10.2 Å². The molecule has 0 spiro atoms. The van der Waals surface area contributed by atoms with Crippen molar-refractivity contribution in [3.8, 4) is 0 Å². The molecule has 0 amide bonds. The fourth-order valence-electron chi connectivity index (χ4n) is 1.86. The Hall–Kier alpha value is -2.06. The Morgan fingerprint density at radius 1 is 1.50 bits per heavy atom. The third-order valence-electron chi connectivity index (χ3n) is 2.80. The molecule has 7 nitrogen and oxygen atoms in total. The molecule has 18 heavy (non-hydrogen) atoms. The van der Waals surface area contributed by atoms with Gasteiger partial charge in [-0.05, 0) is 0 Å². The van der Waals surface area contributed by atoms with Gasteiger partial charge in [0.25, 0.3) is 0 Å². The highest BCUT2D eigenvalue weighted by molar-refractivity contribution is 5.81. The molecule has 0 bridgehead atoms. The van der Waals surface area contributed by atoms with Crippen LogP contribution >= 0.6 is 0 Å². The minimum Gasteiger partial charge on any atom is -0.392 e. The van der Waals surface area contributed by atoms with E-state index >= 15 is 0 Å². The first-order valence-corrected chi connectivity index (χ1v) is 5.25. The number of imidazole rings is 1. The van der Waals surface area contributed by atoms with Crippen LogP contribution in [0.5, 0.6) is 0 Å². The number of fused-ring (bicyclic) bond motifs is 1. The predicted molar refractivity (Wildman–Crippen MR) is 59.9 cm³/mol. The summed E-state index contributed by atoms with van der Waals surface area (Å²) in [5.74, 6) is -0.294. The van der Waals surface area contributed by atoms with Crippen molar-refractivity contribution in [2.24, 2.45) is 0 Å². The van der Waals surface area contributed by atoms with Crippen LogP contribution in [0.1, 0.15) is 6.23 Å². The number of nitrogens with two attached hydrogens (primary N) is 1. The lowest BCUT2D eigenvalue weighted by Crippen LogP contribution is -2.09. The summed E-state index contributed by atoms with van der Waals surface area (Å²) in [7, 11) is 0. The van der Waals surface area contributed by atoms with Crippen molar-refractivity contribution >= 4 is 17.0 Å². The highest BCUT2D eigenvalue weighted by Crippen LogP contribution is 2.32. The average molecular weight is 251 g/mol. The zero-order valence-electron chi connectivity index (χ0n) is 9.25. The monoisotopic (exact) mass is 251 g/mol. The maximum atomic E-state index is 13.9. The summed E-state index contributed by atoms with van der Waals surface area (Å²) in [5.41, 5.74) is 6.65. The molecule has 3 N–H and O–H groups in total. The van der Waals surface area contributed by atoms with Gasteiger partial charge >= 0.3 is 0 Å². The van der Waals surface area contributed by atoms with E-state index in [1.807, 2.05) is 0 Å². The summed E-state index contributed by atoms with van der Waals surface area (Å²) in [5, 5.41) is 8.96. The normalized spacial score (nSPS) is 20.0. The molecule has 3 heterocycles. The number of nitrogens with zero attached hydrogens (tertiary/aromatic N) is 4. The van der Waals surface area contributed by atoms with Crippen molar-refractivity contribution in [1.82, 2.24) is 19.5 Å². The minimum absolute atomic E-state index is 0.0488. The smallest absolute Gasteiger partial charge is 0.189 e. The van der Waals surface area contributed by atoms with Crippen LogP contribution in [0.3, 0.4) is 0 Å². The van der Waals surface area contributed by atoms with Gasteiger partial charge < -0.3 is 15.6 Å². The first kappa shape index (κ1) is 11.1. The molecule has 0 aliphatic carbocycles. The van der Waals surface area contributed by atoms with E-state index in [0.717, 1.165) is 0 Å².